The van der Waals surface area contributed by atoms with Gasteiger partial charge in [0.15, 0.2) is 0 Å². The highest BCUT2D eigenvalue weighted by atomic mass is 16.6. The van der Waals surface area contributed by atoms with Crippen molar-refractivity contribution in [1.82, 2.24) is 10.6 Å². The molecule has 1 atom stereocenters. The van der Waals surface area contributed by atoms with Gasteiger partial charge in [-0.1, -0.05) is 0 Å². The zero-order chi connectivity index (χ0) is 18.3. The molecule has 2 amide bonds. The van der Waals surface area contributed by atoms with Gasteiger partial charge in [-0.15, -0.1) is 0 Å². The van der Waals surface area contributed by atoms with Crippen LogP contribution < -0.4 is 10.6 Å². The first-order valence-electron chi connectivity index (χ1n) is 7.76. The Morgan fingerprint density at radius 2 is 1.39 bits per heavy atom. The lowest BCUT2D eigenvalue weighted by Crippen LogP contribution is -2.44. The van der Waals surface area contributed by atoms with Crippen LogP contribution in [0.2, 0.25) is 0 Å². The van der Waals surface area contributed by atoms with Gasteiger partial charge in [-0.2, -0.15) is 0 Å². The van der Waals surface area contributed by atoms with Crippen LogP contribution in [0.1, 0.15) is 61.3 Å². The molecule has 0 aliphatic rings. The lowest BCUT2D eigenvalue weighted by Gasteiger charge is -2.21. The number of urea groups is 1. The standard InChI is InChI=1S/C16H30N2O5/c1-11(8-9-12(19)22-15(2,3)4)18-14(21)17-10-13(20)23-16(5,6)7/h11H,8-10H2,1-7H3,(H2,17,18,21). The molecule has 1 unspecified atom stereocenters. The van der Waals surface area contributed by atoms with Crippen molar-refractivity contribution in [3.8, 4) is 0 Å². The molecular formula is C16H30N2O5. The van der Waals surface area contributed by atoms with Crippen molar-refractivity contribution in [2.24, 2.45) is 0 Å². The zero-order valence-corrected chi connectivity index (χ0v) is 15.2. The van der Waals surface area contributed by atoms with Crippen molar-refractivity contribution in [2.45, 2.75) is 78.6 Å². The van der Waals surface area contributed by atoms with Crippen LogP contribution in [0.4, 0.5) is 4.79 Å². The SMILES string of the molecule is CC(CCC(=O)OC(C)(C)C)NC(=O)NCC(=O)OC(C)(C)C. The van der Waals surface area contributed by atoms with Gasteiger partial charge in [0.1, 0.15) is 17.7 Å². The lowest BCUT2D eigenvalue weighted by molar-refractivity contribution is -0.155. The molecule has 0 aliphatic carbocycles. The second-order valence-electron chi connectivity index (χ2n) is 7.44. The van der Waals surface area contributed by atoms with Gasteiger partial charge >= 0.3 is 18.0 Å². The molecular weight excluding hydrogens is 300 g/mol. The second-order valence-corrected chi connectivity index (χ2v) is 7.44. The second kappa shape index (κ2) is 8.74. The minimum absolute atomic E-state index is 0.206. The van der Waals surface area contributed by atoms with E-state index in [-0.39, 0.29) is 25.0 Å². The molecule has 0 radical (unpaired) electrons. The van der Waals surface area contributed by atoms with Crippen LogP contribution in [0.25, 0.3) is 0 Å². The Morgan fingerprint density at radius 1 is 0.913 bits per heavy atom. The van der Waals surface area contributed by atoms with Gasteiger partial charge < -0.3 is 20.1 Å². The number of carbonyl (C=O) groups is 3. The number of amides is 2. The van der Waals surface area contributed by atoms with Crippen molar-refractivity contribution in [2.75, 3.05) is 6.54 Å². The maximum absolute atomic E-state index is 11.7. The molecule has 23 heavy (non-hydrogen) atoms. The largest absolute Gasteiger partial charge is 0.460 e. The van der Waals surface area contributed by atoms with Crippen LogP contribution in [0, 0.1) is 0 Å². The first-order chi connectivity index (χ1) is 10.3. The summed E-state index contributed by atoms with van der Waals surface area (Å²) in [7, 11) is 0. The smallest absolute Gasteiger partial charge is 0.325 e. The van der Waals surface area contributed by atoms with Gasteiger partial charge in [-0.3, -0.25) is 9.59 Å². The van der Waals surface area contributed by atoms with Crippen LogP contribution in [-0.4, -0.2) is 41.8 Å². The molecule has 0 saturated carbocycles. The quantitative estimate of drug-likeness (QED) is 0.728. The summed E-state index contributed by atoms with van der Waals surface area (Å²) in [6.45, 7) is 12.2. The Kier molecular flexibility index (Phi) is 8.06. The third kappa shape index (κ3) is 13.6. The first kappa shape index (κ1) is 21.2. The monoisotopic (exact) mass is 330 g/mol. The summed E-state index contributed by atoms with van der Waals surface area (Å²) < 4.78 is 10.3. The summed E-state index contributed by atoms with van der Waals surface area (Å²) in [5.74, 6) is -0.811. The first-order valence-corrected chi connectivity index (χ1v) is 7.76. The van der Waals surface area contributed by atoms with E-state index in [9.17, 15) is 14.4 Å². The number of carbonyl (C=O) groups excluding carboxylic acids is 3. The molecule has 0 saturated heterocycles. The summed E-state index contributed by atoms with van der Waals surface area (Å²) in [5.41, 5.74) is -1.10. The van der Waals surface area contributed by atoms with Crippen LogP contribution in [0.5, 0.6) is 0 Å². The average Bonchev–Trinajstić information content (AvgIpc) is 2.29. The third-order valence-electron chi connectivity index (χ3n) is 2.39. The Morgan fingerprint density at radius 3 is 1.87 bits per heavy atom. The van der Waals surface area contributed by atoms with E-state index in [1.54, 1.807) is 48.5 Å². The predicted molar refractivity (Wildman–Crippen MR) is 86.9 cm³/mol. The lowest BCUT2D eigenvalue weighted by atomic mass is 10.1. The fourth-order valence-corrected chi connectivity index (χ4v) is 1.60. The normalized spacial score (nSPS) is 13.0. The van der Waals surface area contributed by atoms with E-state index in [1.165, 1.54) is 0 Å². The van der Waals surface area contributed by atoms with Gasteiger partial charge in [-0.25, -0.2) is 4.79 Å². The van der Waals surface area contributed by atoms with Gasteiger partial charge in [-0.05, 0) is 54.9 Å². The minimum atomic E-state index is -0.587. The summed E-state index contributed by atoms with van der Waals surface area (Å²) in [6, 6.07) is -0.700. The van der Waals surface area contributed by atoms with Crippen LogP contribution in [0.15, 0.2) is 0 Å². The van der Waals surface area contributed by atoms with E-state index in [2.05, 4.69) is 10.6 Å². The van der Waals surface area contributed by atoms with Crippen LogP contribution >= 0.6 is 0 Å². The fraction of sp³-hybridized carbons (Fsp3) is 0.812. The van der Waals surface area contributed by atoms with Crippen molar-refractivity contribution < 1.29 is 23.9 Å². The zero-order valence-electron chi connectivity index (χ0n) is 15.2. The van der Waals surface area contributed by atoms with Crippen LogP contribution in [0.3, 0.4) is 0 Å². The number of hydrogen-bond acceptors (Lipinski definition) is 5. The van der Waals surface area contributed by atoms with Gasteiger partial charge in [0.2, 0.25) is 0 Å². The third-order valence-corrected chi connectivity index (χ3v) is 2.39. The molecule has 7 nitrogen and oxygen atoms in total. The molecule has 134 valence electrons. The Labute approximate surface area is 138 Å². The highest BCUT2D eigenvalue weighted by molar-refractivity contribution is 5.81. The molecule has 0 aromatic rings. The summed E-state index contributed by atoms with van der Waals surface area (Å²) in [6.07, 6.45) is 0.666. The van der Waals surface area contributed by atoms with E-state index < -0.39 is 23.2 Å². The van der Waals surface area contributed by atoms with Crippen molar-refractivity contribution in [3.63, 3.8) is 0 Å². The van der Waals surface area contributed by atoms with Crippen molar-refractivity contribution in [3.05, 3.63) is 0 Å². The Balaban J connectivity index is 3.98. The number of hydrogen-bond donors (Lipinski definition) is 2. The molecule has 0 heterocycles. The molecule has 0 aromatic carbocycles. The Bertz CT molecular complexity index is 421. The number of esters is 2. The number of ether oxygens (including phenoxy) is 2. The maximum Gasteiger partial charge on any atom is 0.325 e. The van der Waals surface area contributed by atoms with Gasteiger partial charge in [0.05, 0.1) is 0 Å². The van der Waals surface area contributed by atoms with Crippen molar-refractivity contribution >= 4 is 18.0 Å². The molecule has 0 rings (SSSR count). The molecule has 2 N–H and O–H groups in total. The predicted octanol–water partition coefficient (Wildman–Crippen LogP) is 2.14. The van der Waals surface area contributed by atoms with E-state index in [4.69, 9.17) is 9.47 Å². The van der Waals surface area contributed by atoms with Crippen LogP contribution in [-0.2, 0) is 19.1 Å². The summed E-state index contributed by atoms with van der Waals surface area (Å²) in [5, 5.41) is 5.07. The number of rotatable bonds is 6. The Hall–Kier alpha value is -1.79. The van der Waals surface area contributed by atoms with Gasteiger partial charge in [0, 0.05) is 12.5 Å². The molecule has 0 aromatic heterocycles. The van der Waals surface area contributed by atoms with E-state index >= 15 is 0 Å². The topological polar surface area (TPSA) is 93.7 Å². The van der Waals surface area contributed by atoms with Gasteiger partial charge in [0.25, 0.3) is 0 Å². The van der Waals surface area contributed by atoms with E-state index in [0.717, 1.165) is 0 Å². The van der Waals surface area contributed by atoms with E-state index in [0.29, 0.717) is 6.42 Å². The highest BCUT2D eigenvalue weighted by Gasteiger charge is 2.19. The summed E-state index contributed by atoms with van der Waals surface area (Å²) in [4.78, 5) is 34.7. The highest BCUT2D eigenvalue weighted by Crippen LogP contribution is 2.10. The molecule has 0 spiro atoms. The number of nitrogens with one attached hydrogen (secondary N) is 2. The molecule has 0 bridgehead atoms. The molecule has 7 heteroatoms. The average molecular weight is 330 g/mol. The van der Waals surface area contributed by atoms with Crippen molar-refractivity contribution in [1.29, 1.82) is 0 Å². The maximum atomic E-state index is 11.7. The molecule has 0 fully saturated rings. The van der Waals surface area contributed by atoms with E-state index in [1.807, 2.05) is 0 Å². The fourth-order valence-electron chi connectivity index (χ4n) is 1.60. The summed E-state index contributed by atoms with van der Waals surface area (Å²) >= 11 is 0. The molecule has 0 aliphatic heterocycles. The minimum Gasteiger partial charge on any atom is -0.460 e.